The van der Waals surface area contributed by atoms with Gasteiger partial charge in [-0.1, -0.05) is 0 Å². The molecule has 0 radical (unpaired) electrons. The minimum absolute atomic E-state index is 0.121. The van der Waals surface area contributed by atoms with Crippen LogP contribution in [0.15, 0.2) is 23.7 Å². The summed E-state index contributed by atoms with van der Waals surface area (Å²) in [5.41, 5.74) is 7.43. The molecule has 20 heavy (non-hydrogen) atoms. The molecule has 0 spiro atoms. The van der Waals surface area contributed by atoms with Crippen molar-refractivity contribution < 1.29 is 9.13 Å². The number of aromatic nitrogens is 1. The molecule has 1 aromatic heterocycles. The normalized spacial score (nSPS) is 18.2. The van der Waals surface area contributed by atoms with Crippen molar-refractivity contribution in [1.29, 1.82) is 0 Å². The molecule has 0 fully saturated rings. The fourth-order valence-corrected chi connectivity index (χ4v) is 3.41. The van der Waals surface area contributed by atoms with E-state index in [0.717, 1.165) is 16.3 Å². The number of methoxy groups -OCH3 is 1. The summed E-state index contributed by atoms with van der Waals surface area (Å²) in [6.07, 6.45) is 1.78. The van der Waals surface area contributed by atoms with Gasteiger partial charge in [0.2, 0.25) is 0 Å². The van der Waals surface area contributed by atoms with Crippen molar-refractivity contribution in [2.75, 3.05) is 13.7 Å². The van der Waals surface area contributed by atoms with Crippen LogP contribution < -0.4 is 10.5 Å². The Morgan fingerprint density at radius 1 is 1.55 bits per heavy atom. The molecule has 106 valence electrons. The molecule has 2 aromatic rings. The van der Waals surface area contributed by atoms with Gasteiger partial charge in [0, 0.05) is 35.8 Å². The van der Waals surface area contributed by atoms with E-state index in [1.807, 2.05) is 5.38 Å². The van der Waals surface area contributed by atoms with Gasteiger partial charge in [-0.3, -0.25) is 4.90 Å². The molecule has 2 N–H and O–H groups in total. The van der Waals surface area contributed by atoms with Crippen LogP contribution in [0.1, 0.15) is 22.2 Å². The first-order valence-corrected chi connectivity index (χ1v) is 7.30. The van der Waals surface area contributed by atoms with Crippen LogP contribution in [0.3, 0.4) is 0 Å². The second-order valence-corrected chi connectivity index (χ2v) is 5.70. The highest BCUT2D eigenvalue weighted by Gasteiger charge is 2.34. The Morgan fingerprint density at radius 2 is 2.40 bits per heavy atom. The van der Waals surface area contributed by atoms with Crippen molar-refractivity contribution in [1.82, 2.24) is 9.88 Å². The molecule has 1 aliphatic heterocycles. The quantitative estimate of drug-likeness (QED) is 0.940. The molecular formula is C14H16FN3OS. The van der Waals surface area contributed by atoms with Crippen LogP contribution in [-0.2, 0) is 13.1 Å². The Hall–Kier alpha value is -1.50. The van der Waals surface area contributed by atoms with Crippen molar-refractivity contribution in [2.24, 2.45) is 5.73 Å². The van der Waals surface area contributed by atoms with Crippen molar-refractivity contribution in [3.63, 3.8) is 0 Å². The smallest absolute Gasteiger partial charge is 0.128 e. The predicted molar refractivity (Wildman–Crippen MR) is 76.1 cm³/mol. The van der Waals surface area contributed by atoms with Crippen LogP contribution in [0, 0.1) is 5.82 Å². The van der Waals surface area contributed by atoms with Gasteiger partial charge in [-0.15, -0.1) is 11.3 Å². The second-order valence-electron chi connectivity index (χ2n) is 4.72. The predicted octanol–water partition coefficient (Wildman–Crippen LogP) is 2.31. The maximum Gasteiger partial charge on any atom is 0.128 e. The number of benzene rings is 1. The molecule has 1 aromatic carbocycles. The Morgan fingerprint density at radius 3 is 3.05 bits per heavy atom. The van der Waals surface area contributed by atoms with Crippen LogP contribution >= 0.6 is 11.3 Å². The minimum Gasteiger partial charge on any atom is -0.496 e. The van der Waals surface area contributed by atoms with Gasteiger partial charge in [-0.25, -0.2) is 9.37 Å². The second kappa shape index (κ2) is 5.47. The van der Waals surface area contributed by atoms with E-state index in [9.17, 15) is 4.39 Å². The van der Waals surface area contributed by atoms with Gasteiger partial charge in [0.1, 0.15) is 16.6 Å². The molecule has 1 unspecified atom stereocenters. The fraction of sp³-hybridized carbons (Fsp3) is 0.357. The van der Waals surface area contributed by atoms with Gasteiger partial charge in [0.25, 0.3) is 0 Å². The van der Waals surface area contributed by atoms with E-state index >= 15 is 0 Å². The summed E-state index contributed by atoms with van der Waals surface area (Å²) < 4.78 is 19.5. The summed E-state index contributed by atoms with van der Waals surface area (Å²) in [6.45, 7) is 1.69. The number of nitrogens with two attached hydrogens (primary N) is 1. The topological polar surface area (TPSA) is 51.4 Å². The monoisotopic (exact) mass is 293 g/mol. The summed E-state index contributed by atoms with van der Waals surface area (Å²) in [7, 11) is 1.61. The Balaban J connectivity index is 1.96. The van der Waals surface area contributed by atoms with Gasteiger partial charge in [0.15, 0.2) is 0 Å². The van der Waals surface area contributed by atoms with E-state index < -0.39 is 0 Å². The highest BCUT2D eigenvalue weighted by molar-refractivity contribution is 7.09. The molecule has 6 heteroatoms. The van der Waals surface area contributed by atoms with Gasteiger partial charge in [-0.05, 0) is 12.1 Å². The molecule has 0 amide bonds. The van der Waals surface area contributed by atoms with E-state index in [1.54, 1.807) is 30.7 Å². The van der Waals surface area contributed by atoms with E-state index in [1.165, 1.54) is 6.07 Å². The first kappa shape index (κ1) is 13.5. The van der Waals surface area contributed by atoms with E-state index in [2.05, 4.69) is 9.88 Å². The first-order chi connectivity index (χ1) is 9.74. The van der Waals surface area contributed by atoms with Crippen LogP contribution in [0.25, 0.3) is 0 Å². The van der Waals surface area contributed by atoms with E-state index in [-0.39, 0.29) is 11.9 Å². The van der Waals surface area contributed by atoms with Gasteiger partial charge >= 0.3 is 0 Å². The lowest BCUT2D eigenvalue weighted by atomic mass is 10.0. The van der Waals surface area contributed by atoms with E-state index in [0.29, 0.717) is 25.2 Å². The zero-order valence-electron chi connectivity index (χ0n) is 11.2. The Labute approximate surface area is 121 Å². The molecule has 0 bridgehead atoms. The fourth-order valence-electron chi connectivity index (χ4n) is 2.76. The lowest BCUT2D eigenvalue weighted by Crippen LogP contribution is -2.27. The summed E-state index contributed by atoms with van der Waals surface area (Å²) >= 11 is 1.60. The third kappa shape index (κ3) is 2.19. The molecule has 0 aliphatic carbocycles. The molecule has 0 saturated heterocycles. The Bertz CT molecular complexity index is 603. The highest BCUT2D eigenvalue weighted by Crippen LogP contribution is 2.40. The summed E-state index contributed by atoms with van der Waals surface area (Å²) in [4.78, 5) is 6.44. The number of hydrogen-bond acceptors (Lipinski definition) is 5. The van der Waals surface area contributed by atoms with Gasteiger partial charge in [-0.2, -0.15) is 0 Å². The minimum atomic E-state index is -0.210. The number of halogens is 1. The standard InChI is InChI=1S/C14H16FN3OS/c1-19-12-3-2-10(15)14-9(12)7-18(11(14)6-16)8-13-17-4-5-20-13/h2-5,11H,6-8,16H2,1H3. The maximum atomic E-state index is 14.1. The van der Waals surface area contributed by atoms with Gasteiger partial charge in [0.05, 0.1) is 19.7 Å². The van der Waals surface area contributed by atoms with Crippen molar-refractivity contribution in [2.45, 2.75) is 19.1 Å². The number of rotatable bonds is 4. The van der Waals surface area contributed by atoms with Gasteiger partial charge < -0.3 is 10.5 Å². The molecule has 2 heterocycles. The van der Waals surface area contributed by atoms with Crippen molar-refractivity contribution >= 4 is 11.3 Å². The summed E-state index contributed by atoms with van der Waals surface area (Å²) in [5.74, 6) is 0.513. The highest BCUT2D eigenvalue weighted by atomic mass is 32.1. The zero-order valence-corrected chi connectivity index (χ0v) is 12.0. The lowest BCUT2D eigenvalue weighted by Gasteiger charge is -2.22. The number of fused-ring (bicyclic) bond motifs is 1. The zero-order chi connectivity index (χ0) is 14.1. The van der Waals surface area contributed by atoms with Crippen molar-refractivity contribution in [3.05, 3.63) is 45.7 Å². The molecule has 1 atom stereocenters. The molecule has 0 saturated carbocycles. The third-order valence-electron chi connectivity index (χ3n) is 3.66. The van der Waals surface area contributed by atoms with E-state index in [4.69, 9.17) is 10.5 Å². The van der Waals surface area contributed by atoms with Crippen LogP contribution in [0.4, 0.5) is 4.39 Å². The average molecular weight is 293 g/mol. The lowest BCUT2D eigenvalue weighted by molar-refractivity contribution is 0.207. The van der Waals surface area contributed by atoms with Crippen LogP contribution in [0.5, 0.6) is 5.75 Å². The van der Waals surface area contributed by atoms with Crippen LogP contribution in [-0.4, -0.2) is 23.5 Å². The maximum absolute atomic E-state index is 14.1. The molecule has 4 nitrogen and oxygen atoms in total. The van der Waals surface area contributed by atoms with Crippen LogP contribution in [0.2, 0.25) is 0 Å². The number of ether oxygens (including phenoxy) is 1. The Kier molecular flexibility index (Phi) is 3.69. The number of hydrogen-bond donors (Lipinski definition) is 1. The number of thiazole rings is 1. The molecule has 3 rings (SSSR count). The number of nitrogens with zero attached hydrogens (tertiary/aromatic N) is 2. The summed E-state index contributed by atoms with van der Waals surface area (Å²) in [5, 5.41) is 2.95. The SMILES string of the molecule is COc1ccc(F)c2c1CN(Cc1nccs1)C2CN. The largest absolute Gasteiger partial charge is 0.496 e. The summed E-state index contributed by atoms with van der Waals surface area (Å²) in [6, 6.07) is 3.01. The third-order valence-corrected chi connectivity index (χ3v) is 4.43. The average Bonchev–Trinajstić information content (AvgIpc) is 3.07. The first-order valence-electron chi connectivity index (χ1n) is 6.42. The molecular weight excluding hydrogens is 277 g/mol. The molecule has 1 aliphatic rings. The van der Waals surface area contributed by atoms with Crippen molar-refractivity contribution in [3.8, 4) is 5.75 Å².